The van der Waals surface area contributed by atoms with E-state index in [9.17, 15) is 0 Å². The normalized spacial score (nSPS) is 17.3. The maximum atomic E-state index is 5.99. The van der Waals surface area contributed by atoms with Crippen molar-refractivity contribution >= 4 is 3.90 Å². The van der Waals surface area contributed by atoms with Gasteiger partial charge in [0.2, 0.25) is 0 Å². The zero-order valence-corrected chi connectivity index (χ0v) is 18.1. The quantitative estimate of drug-likeness (QED) is 0.447. The summed E-state index contributed by atoms with van der Waals surface area (Å²) < 4.78 is 7.65. The van der Waals surface area contributed by atoms with Gasteiger partial charge >= 0.3 is 136 Å². The molecule has 0 aromatic heterocycles. The van der Waals surface area contributed by atoms with E-state index < -0.39 is 0 Å². The average Bonchev–Trinajstić information content (AvgIpc) is 2.88. The Balaban J connectivity index is 1.59. The molecule has 0 saturated heterocycles. The van der Waals surface area contributed by atoms with E-state index in [1.165, 1.54) is 23.1 Å². The van der Waals surface area contributed by atoms with E-state index in [-0.39, 0.29) is 0 Å². The summed E-state index contributed by atoms with van der Waals surface area (Å²) in [6, 6.07) is 17.0. The van der Waals surface area contributed by atoms with Crippen LogP contribution >= 0.6 is 0 Å². The molecule has 0 aliphatic heterocycles. The van der Waals surface area contributed by atoms with Crippen molar-refractivity contribution in [2.24, 2.45) is 11.8 Å². The number of rotatable bonds is 6. The van der Waals surface area contributed by atoms with Gasteiger partial charge < -0.3 is 0 Å². The summed E-state index contributed by atoms with van der Waals surface area (Å²) in [6.07, 6.45) is 4.55. The topological polar surface area (TPSA) is 9.23 Å². The summed E-state index contributed by atoms with van der Waals surface area (Å²) in [6.45, 7) is 8.64. The molecule has 1 unspecified atom stereocenters. The molecule has 0 heterocycles. The molecule has 1 nitrogen and oxygen atoms in total. The number of benzene rings is 2. The molecule has 1 aliphatic carbocycles. The van der Waals surface area contributed by atoms with E-state index in [1.54, 1.807) is 23.3 Å². The maximum absolute atomic E-state index is 5.99. The van der Waals surface area contributed by atoms with Gasteiger partial charge in [-0.2, -0.15) is 0 Å². The fourth-order valence-electron chi connectivity index (χ4n) is 3.39. The first-order valence-electron chi connectivity index (χ1n) is 9.04. The van der Waals surface area contributed by atoms with E-state index in [0.29, 0.717) is 11.8 Å². The Kier molecular flexibility index (Phi) is 6.07. The number of ether oxygens (including phenoxy) is 1. The molecule has 0 radical (unpaired) electrons. The zero-order valence-electron chi connectivity index (χ0n) is 15.1. The van der Waals surface area contributed by atoms with Gasteiger partial charge in [-0.25, -0.2) is 0 Å². The van der Waals surface area contributed by atoms with Crippen LogP contribution in [0.5, 0.6) is 11.5 Å². The number of hydrogen-bond donors (Lipinski definition) is 0. The van der Waals surface area contributed by atoms with Gasteiger partial charge in [-0.15, -0.1) is 0 Å². The predicted molar refractivity (Wildman–Crippen MR) is 102 cm³/mol. The fourth-order valence-corrected chi connectivity index (χ4v) is 4.72. The second-order valence-corrected chi connectivity index (χ2v) is 9.37. The molecular weight excluding hydrogens is 476 g/mol. The molecule has 1 saturated carbocycles. The monoisotopic (exact) mass is 502 g/mol. The Morgan fingerprint density at radius 2 is 1.56 bits per heavy atom. The van der Waals surface area contributed by atoms with E-state index in [4.69, 9.17) is 4.74 Å². The third-order valence-corrected chi connectivity index (χ3v) is 6.34. The molecule has 0 spiro atoms. The van der Waals surface area contributed by atoms with Crippen LogP contribution in [0.2, 0.25) is 0 Å². The Bertz CT molecular complexity index is 741. The van der Waals surface area contributed by atoms with Crippen molar-refractivity contribution in [3.63, 3.8) is 0 Å². The van der Waals surface area contributed by atoms with E-state index >= 15 is 0 Å². The SMILES string of the molecule is C=C1C[C](=[W])C(Cc2ccc(Oc3ccc(CC(C)C)cc3)cc2)C1. The Hall–Kier alpha value is -1.46. The van der Waals surface area contributed by atoms with Gasteiger partial charge in [-0.1, -0.05) is 13.8 Å². The Labute approximate surface area is 162 Å². The van der Waals surface area contributed by atoms with Gasteiger partial charge in [0, 0.05) is 0 Å². The van der Waals surface area contributed by atoms with Gasteiger partial charge in [-0.05, 0) is 12.3 Å². The third kappa shape index (κ3) is 5.25. The number of allylic oxidation sites excluding steroid dienone is 1. The van der Waals surface area contributed by atoms with E-state index in [0.717, 1.165) is 30.8 Å². The van der Waals surface area contributed by atoms with Crippen LogP contribution in [0.25, 0.3) is 0 Å². The zero-order chi connectivity index (χ0) is 17.8. The summed E-state index contributed by atoms with van der Waals surface area (Å²) in [4.78, 5) is 0. The fraction of sp³-hybridized carbons (Fsp3) is 0.348. The average molecular weight is 502 g/mol. The van der Waals surface area contributed by atoms with Crippen molar-refractivity contribution in [2.75, 3.05) is 0 Å². The first-order chi connectivity index (χ1) is 12.0. The van der Waals surface area contributed by atoms with Crippen molar-refractivity contribution in [1.29, 1.82) is 0 Å². The van der Waals surface area contributed by atoms with Crippen molar-refractivity contribution in [3.05, 3.63) is 71.8 Å². The molecule has 25 heavy (non-hydrogen) atoms. The standard InChI is InChI=1S/C23H26O.W/c1-17(2)14-19-6-10-22(11-7-19)24-23-12-8-20(9-13-23)16-21-5-4-18(3)15-21;/h6-13,17,21H,3-4,14-16H2,1-2H3;. The minimum absolute atomic E-state index is 0.679. The Morgan fingerprint density at radius 3 is 2.04 bits per heavy atom. The van der Waals surface area contributed by atoms with Crippen molar-refractivity contribution < 1.29 is 24.1 Å². The molecule has 0 amide bonds. The Morgan fingerprint density at radius 1 is 1.00 bits per heavy atom. The first kappa shape index (κ1) is 18.3. The van der Waals surface area contributed by atoms with Crippen LogP contribution in [0.4, 0.5) is 0 Å². The van der Waals surface area contributed by atoms with E-state index in [1.807, 2.05) is 0 Å². The molecule has 2 aromatic rings. The molecule has 1 fully saturated rings. The van der Waals surface area contributed by atoms with Crippen molar-refractivity contribution in [2.45, 2.75) is 39.5 Å². The van der Waals surface area contributed by atoms with Gasteiger partial charge in [-0.3, -0.25) is 0 Å². The van der Waals surface area contributed by atoms with Crippen LogP contribution in [0.15, 0.2) is 60.7 Å². The van der Waals surface area contributed by atoms with Crippen LogP contribution in [0.3, 0.4) is 0 Å². The molecule has 0 N–H and O–H groups in total. The second-order valence-electron chi connectivity index (χ2n) is 7.49. The minimum atomic E-state index is 0.679. The predicted octanol–water partition coefficient (Wildman–Crippen LogP) is 5.91. The first-order valence-corrected chi connectivity index (χ1v) is 10.5. The molecule has 2 aromatic carbocycles. The van der Waals surface area contributed by atoms with Gasteiger partial charge in [0.15, 0.2) is 0 Å². The number of hydrogen-bond acceptors (Lipinski definition) is 1. The molecular formula is C23H26OW. The van der Waals surface area contributed by atoms with Crippen LogP contribution in [0.1, 0.15) is 37.8 Å². The molecule has 1 aliphatic rings. The summed E-state index contributed by atoms with van der Waals surface area (Å²) in [5.74, 6) is 3.18. The van der Waals surface area contributed by atoms with Crippen LogP contribution in [-0.4, -0.2) is 3.90 Å². The summed E-state index contributed by atoms with van der Waals surface area (Å²) in [5, 5.41) is 0. The van der Waals surface area contributed by atoms with Crippen LogP contribution < -0.4 is 4.74 Å². The second kappa shape index (κ2) is 8.28. The van der Waals surface area contributed by atoms with E-state index in [2.05, 4.69) is 69.0 Å². The van der Waals surface area contributed by atoms with Gasteiger partial charge in [0.05, 0.1) is 0 Å². The summed E-state index contributed by atoms with van der Waals surface area (Å²) in [7, 11) is 0. The molecule has 3 rings (SSSR count). The third-order valence-electron chi connectivity index (χ3n) is 4.62. The summed E-state index contributed by atoms with van der Waals surface area (Å²) in [5.41, 5.74) is 4.15. The van der Waals surface area contributed by atoms with Crippen molar-refractivity contribution in [1.82, 2.24) is 0 Å². The molecule has 0 bridgehead atoms. The summed E-state index contributed by atoms with van der Waals surface area (Å²) >= 11 is 1.62. The molecule has 130 valence electrons. The van der Waals surface area contributed by atoms with Crippen LogP contribution in [0, 0.1) is 11.8 Å². The van der Waals surface area contributed by atoms with Gasteiger partial charge in [0.1, 0.15) is 0 Å². The molecule has 2 heteroatoms. The molecule has 1 atom stereocenters. The van der Waals surface area contributed by atoms with Gasteiger partial charge in [0.25, 0.3) is 0 Å². The van der Waals surface area contributed by atoms with Crippen LogP contribution in [-0.2, 0) is 32.2 Å². The van der Waals surface area contributed by atoms with Crippen molar-refractivity contribution in [3.8, 4) is 11.5 Å².